The van der Waals surface area contributed by atoms with Crippen LogP contribution in [0.2, 0.25) is 0 Å². The van der Waals surface area contributed by atoms with Crippen molar-refractivity contribution in [1.29, 1.82) is 0 Å². The van der Waals surface area contributed by atoms with E-state index in [1.807, 2.05) is 19.1 Å². The number of aromatic nitrogens is 2. The predicted molar refractivity (Wildman–Crippen MR) is 70.4 cm³/mol. The second-order valence-corrected chi connectivity index (χ2v) is 4.52. The van der Waals surface area contributed by atoms with E-state index in [2.05, 4.69) is 32.6 Å². The maximum atomic E-state index is 5.88. The van der Waals surface area contributed by atoms with Crippen molar-refractivity contribution < 1.29 is 4.74 Å². The van der Waals surface area contributed by atoms with E-state index in [0.717, 1.165) is 9.13 Å². The summed E-state index contributed by atoms with van der Waals surface area (Å²) >= 11 is 2.13. The fourth-order valence-corrected chi connectivity index (χ4v) is 1.47. The molecule has 0 radical (unpaired) electrons. The molecule has 1 aromatic carbocycles. The lowest BCUT2D eigenvalue weighted by molar-refractivity contribution is 0.443. The number of halogens is 1. The molecule has 0 unspecified atom stereocenters. The second kappa shape index (κ2) is 4.65. The predicted octanol–water partition coefficient (Wildman–Crippen LogP) is 2.76. The molecule has 0 aliphatic heterocycles. The number of nitrogen functional groups attached to an aromatic ring is 1. The number of rotatable bonds is 2. The number of ether oxygens (including phenoxy) is 1. The van der Waals surface area contributed by atoms with Crippen molar-refractivity contribution in [2.45, 2.75) is 6.92 Å². The molecule has 0 bridgehead atoms. The standard InChI is InChI=1S/C11H10IN3O/c1-7-3-2-4-9(10(7)13)16-11-14-5-8(12)6-15-11/h2-6H,13H2,1H3. The summed E-state index contributed by atoms with van der Waals surface area (Å²) < 4.78 is 6.45. The van der Waals surface area contributed by atoms with Crippen molar-refractivity contribution in [1.82, 2.24) is 9.97 Å². The van der Waals surface area contributed by atoms with Gasteiger partial charge in [-0.05, 0) is 41.1 Å². The SMILES string of the molecule is Cc1cccc(Oc2ncc(I)cn2)c1N. The van der Waals surface area contributed by atoms with Crippen LogP contribution in [0.5, 0.6) is 11.8 Å². The maximum absolute atomic E-state index is 5.88. The summed E-state index contributed by atoms with van der Waals surface area (Å²) in [5, 5.41) is 0. The molecule has 0 saturated heterocycles. The molecule has 2 rings (SSSR count). The van der Waals surface area contributed by atoms with Crippen LogP contribution in [0.4, 0.5) is 5.69 Å². The number of hydrogen-bond acceptors (Lipinski definition) is 4. The van der Waals surface area contributed by atoms with Gasteiger partial charge in [-0.1, -0.05) is 12.1 Å². The number of aryl methyl sites for hydroxylation is 1. The number of para-hydroxylation sites is 1. The normalized spacial score (nSPS) is 10.1. The molecule has 5 heteroatoms. The topological polar surface area (TPSA) is 61.0 Å². The Morgan fingerprint density at radius 3 is 2.62 bits per heavy atom. The van der Waals surface area contributed by atoms with Crippen LogP contribution in [0.1, 0.15) is 5.56 Å². The lowest BCUT2D eigenvalue weighted by Gasteiger charge is -2.08. The van der Waals surface area contributed by atoms with E-state index < -0.39 is 0 Å². The van der Waals surface area contributed by atoms with Crippen molar-refractivity contribution >= 4 is 28.3 Å². The van der Waals surface area contributed by atoms with Crippen LogP contribution in [0.3, 0.4) is 0 Å². The lowest BCUT2D eigenvalue weighted by atomic mass is 10.2. The molecule has 0 saturated carbocycles. The summed E-state index contributed by atoms with van der Waals surface area (Å²) in [6.45, 7) is 1.93. The zero-order chi connectivity index (χ0) is 11.5. The van der Waals surface area contributed by atoms with Gasteiger partial charge in [0.1, 0.15) is 0 Å². The van der Waals surface area contributed by atoms with Gasteiger partial charge in [0.05, 0.1) is 5.69 Å². The minimum Gasteiger partial charge on any atom is -0.422 e. The van der Waals surface area contributed by atoms with Gasteiger partial charge in [-0.25, -0.2) is 9.97 Å². The minimum absolute atomic E-state index is 0.303. The monoisotopic (exact) mass is 327 g/mol. The first kappa shape index (κ1) is 11.1. The molecule has 2 aromatic rings. The average Bonchev–Trinajstić information content (AvgIpc) is 2.28. The van der Waals surface area contributed by atoms with E-state index in [-0.39, 0.29) is 0 Å². The van der Waals surface area contributed by atoms with Gasteiger partial charge in [-0.3, -0.25) is 0 Å². The summed E-state index contributed by atoms with van der Waals surface area (Å²) in [4.78, 5) is 8.10. The van der Waals surface area contributed by atoms with Crippen molar-refractivity contribution in [2.24, 2.45) is 0 Å². The van der Waals surface area contributed by atoms with Gasteiger partial charge in [0, 0.05) is 16.0 Å². The number of anilines is 1. The highest BCUT2D eigenvalue weighted by Gasteiger charge is 2.05. The quantitative estimate of drug-likeness (QED) is 0.681. The molecule has 1 heterocycles. The first-order valence-corrected chi connectivity index (χ1v) is 5.75. The average molecular weight is 327 g/mol. The van der Waals surface area contributed by atoms with E-state index >= 15 is 0 Å². The van der Waals surface area contributed by atoms with Gasteiger partial charge in [0.15, 0.2) is 5.75 Å². The molecule has 0 aliphatic rings. The summed E-state index contributed by atoms with van der Waals surface area (Å²) in [6, 6.07) is 5.91. The first-order chi connectivity index (χ1) is 7.66. The Hall–Kier alpha value is -1.37. The zero-order valence-corrected chi connectivity index (χ0v) is 10.8. The van der Waals surface area contributed by atoms with Gasteiger partial charge in [-0.2, -0.15) is 0 Å². The van der Waals surface area contributed by atoms with Gasteiger partial charge in [0.2, 0.25) is 0 Å². The molecule has 82 valence electrons. The largest absolute Gasteiger partial charge is 0.422 e. The van der Waals surface area contributed by atoms with Crippen LogP contribution in [-0.2, 0) is 0 Å². The third-order valence-electron chi connectivity index (χ3n) is 2.08. The first-order valence-electron chi connectivity index (χ1n) is 4.67. The Balaban J connectivity index is 2.27. The third-order valence-corrected chi connectivity index (χ3v) is 2.64. The molecular weight excluding hydrogens is 317 g/mol. The Bertz CT molecular complexity index is 499. The van der Waals surface area contributed by atoms with Crippen LogP contribution in [-0.4, -0.2) is 9.97 Å². The highest BCUT2D eigenvalue weighted by molar-refractivity contribution is 14.1. The number of nitrogens with zero attached hydrogens (tertiary/aromatic N) is 2. The van der Waals surface area contributed by atoms with Crippen LogP contribution in [0.15, 0.2) is 30.6 Å². The fraction of sp³-hybridized carbons (Fsp3) is 0.0909. The van der Waals surface area contributed by atoms with Crippen molar-refractivity contribution in [3.8, 4) is 11.8 Å². The van der Waals surface area contributed by atoms with Crippen molar-refractivity contribution in [3.05, 3.63) is 39.7 Å². The summed E-state index contributed by atoms with van der Waals surface area (Å²) in [5.74, 6) is 0.584. The van der Waals surface area contributed by atoms with Crippen LogP contribution >= 0.6 is 22.6 Å². The number of benzene rings is 1. The molecular formula is C11H10IN3O. The number of nitrogens with two attached hydrogens (primary N) is 1. The minimum atomic E-state index is 0.303. The van der Waals surface area contributed by atoms with Crippen LogP contribution in [0, 0.1) is 10.5 Å². The van der Waals surface area contributed by atoms with E-state index in [9.17, 15) is 0 Å². The van der Waals surface area contributed by atoms with Crippen molar-refractivity contribution in [2.75, 3.05) is 5.73 Å². The van der Waals surface area contributed by atoms with Gasteiger partial charge in [0.25, 0.3) is 0 Å². The maximum Gasteiger partial charge on any atom is 0.322 e. The zero-order valence-electron chi connectivity index (χ0n) is 8.64. The Labute approximate surface area is 107 Å². The van der Waals surface area contributed by atoms with E-state index in [1.165, 1.54) is 0 Å². The fourth-order valence-electron chi connectivity index (χ4n) is 1.19. The highest BCUT2D eigenvalue weighted by atomic mass is 127. The molecule has 0 spiro atoms. The molecule has 4 nitrogen and oxygen atoms in total. The van der Waals surface area contributed by atoms with Gasteiger partial charge >= 0.3 is 6.01 Å². The summed E-state index contributed by atoms with van der Waals surface area (Å²) in [6.07, 6.45) is 3.38. The molecule has 1 aromatic heterocycles. The Kier molecular flexibility index (Phi) is 3.23. The molecule has 0 amide bonds. The van der Waals surface area contributed by atoms with E-state index in [4.69, 9.17) is 10.5 Å². The molecule has 0 fully saturated rings. The highest BCUT2D eigenvalue weighted by Crippen LogP contribution is 2.27. The smallest absolute Gasteiger partial charge is 0.322 e. The van der Waals surface area contributed by atoms with E-state index in [1.54, 1.807) is 18.5 Å². The Morgan fingerprint density at radius 1 is 1.25 bits per heavy atom. The molecule has 0 atom stereocenters. The molecule has 0 aliphatic carbocycles. The Morgan fingerprint density at radius 2 is 1.94 bits per heavy atom. The second-order valence-electron chi connectivity index (χ2n) is 3.27. The van der Waals surface area contributed by atoms with Gasteiger partial charge < -0.3 is 10.5 Å². The van der Waals surface area contributed by atoms with Gasteiger partial charge in [-0.15, -0.1) is 0 Å². The number of hydrogen-bond donors (Lipinski definition) is 1. The molecule has 2 N–H and O–H groups in total. The molecule has 16 heavy (non-hydrogen) atoms. The summed E-state index contributed by atoms with van der Waals surface area (Å²) in [5.41, 5.74) is 7.47. The van der Waals surface area contributed by atoms with Crippen LogP contribution in [0.25, 0.3) is 0 Å². The lowest BCUT2D eigenvalue weighted by Crippen LogP contribution is -1.97. The summed E-state index contributed by atoms with van der Waals surface area (Å²) in [7, 11) is 0. The van der Waals surface area contributed by atoms with Crippen LogP contribution < -0.4 is 10.5 Å². The third kappa shape index (κ3) is 2.41. The van der Waals surface area contributed by atoms with Crippen molar-refractivity contribution in [3.63, 3.8) is 0 Å². The van der Waals surface area contributed by atoms with E-state index in [0.29, 0.717) is 17.4 Å².